The van der Waals surface area contributed by atoms with E-state index in [1.54, 1.807) is 16.8 Å². The van der Waals surface area contributed by atoms with Crippen molar-refractivity contribution < 1.29 is 19.4 Å². The number of ether oxygens (including phenoxy) is 1. The van der Waals surface area contributed by atoms with Crippen LogP contribution in [0.4, 0.5) is 5.69 Å². The lowest BCUT2D eigenvalue weighted by Crippen LogP contribution is -2.43. The van der Waals surface area contributed by atoms with E-state index in [9.17, 15) is 9.90 Å². The van der Waals surface area contributed by atoms with Crippen LogP contribution in [0.5, 0.6) is 5.75 Å². The molecule has 1 fully saturated rings. The molecule has 298 valence electrons. The van der Waals surface area contributed by atoms with E-state index >= 15 is 4.79 Å². The zero-order chi connectivity index (χ0) is 40.4. The van der Waals surface area contributed by atoms with Gasteiger partial charge in [-0.25, -0.2) is 4.79 Å². The molecule has 1 amide bonds. The standard InChI is InChI=1S/C45H50Cl2N6O4/c1-25-20-31(21-26(2)40(25)47)57-19-9-11-32-34-13-14-36(46)39(38-28(4)48-52(29(38)5)23-30-15-17-49(6)18-16-30)42(34)53-27(3)22-51(44(54)43(32)53)37-12-8-10-33-35(45(55)56)24-50(7)41(33)37/h8,10,12-14,20-21,24,27,30H,9,11,15-19,22-23H2,1-7H3,(H,55,56)/t27-/m1/s1. The zero-order valence-electron chi connectivity index (χ0n) is 33.7. The fourth-order valence-corrected chi connectivity index (χ4v) is 9.72. The van der Waals surface area contributed by atoms with Gasteiger partial charge in [0.25, 0.3) is 5.91 Å². The number of aryl methyl sites for hydroxylation is 5. The van der Waals surface area contributed by atoms with E-state index in [1.807, 2.05) is 56.1 Å². The number of likely N-dealkylation sites (tertiary alicyclic amines) is 1. The number of halogens is 2. The van der Waals surface area contributed by atoms with Gasteiger partial charge in [-0.05, 0) is 127 Å². The number of aromatic carboxylic acids is 1. The van der Waals surface area contributed by atoms with E-state index in [1.165, 1.54) is 0 Å². The molecule has 1 N–H and O–H groups in total. The molecule has 1 atom stereocenters. The molecule has 57 heavy (non-hydrogen) atoms. The van der Waals surface area contributed by atoms with Crippen LogP contribution < -0.4 is 9.64 Å². The Morgan fingerprint density at radius 1 is 0.965 bits per heavy atom. The Hall–Kier alpha value is -4.77. The first-order chi connectivity index (χ1) is 27.2. The van der Waals surface area contributed by atoms with Crippen LogP contribution >= 0.6 is 23.2 Å². The molecule has 6 aromatic rings. The first-order valence-electron chi connectivity index (χ1n) is 19.9. The largest absolute Gasteiger partial charge is 0.494 e. The molecule has 0 bridgehead atoms. The molecule has 10 nitrogen and oxygen atoms in total. The lowest BCUT2D eigenvalue weighted by Gasteiger charge is -2.35. The summed E-state index contributed by atoms with van der Waals surface area (Å²) in [7, 11) is 4.01. The van der Waals surface area contributed by atoms with Gasteiger partial charge in [0.05, 0.1) is 39.6 Å². The Balaban J connectivity index is 1.25. The van der Waals surface area contributed by atoms with Crippen LogP contribution in [0, 0.1) is 33.6 Å². The summed E-state index contributed by atoms with van der Waals surface area (Å²) in [5, 5.41) is 18.0. The van der Waals surface area contributed by atoms with Crippen LogP contribution in [0.25, 0.3) is 32.9 Å². The van der Waals surface area contributed by atoms with E-state index in [4.69, 9.17) is 33.0 Å². The summed E-state index contributed by atoms with van der Waals surface area (Å²) in [6.45, 7) is 14.2. The van der Waals surface area contributed by atoms with Gasteiger partial charge in [0.2, 0.25) is 0 Å². The van der Waals surface area contributed by atoms with Gasteiger partial charge in [0, 0.05) is 65.0 Å². The normalized spacial score (nSPS) is 16.6. The Morgan fingerprint density at radius 3 is 2.39 bits per heavy atom. The molecule has 0 saturated carbocycles. The molecule has 2 aliphatic heterocycles. The lowest BCUT2D eigenvalue weighted by atomic mass is 9.96. The van der Waals surface area contributed by atoms with Gasteiger partial charge in [0.15, 0.2) is 0 Å². The number of hydrogen-bond donors (Lipinski definition) is 1. The maximum atomic E-state index is 15.2. The van der Waals surface area contributed by atoms with Crippen molar-refractivity contribution >= 4 is 62.6 Å². The van der Waals surface area contributed by atoms with E-state index in [-0.39, 0.29) is 17.5 Å². The zero-order valence-corrected chi connectivity index (χ0v) is 35.3. The molecule has 5 heterocycles. The number of amides is 1. The molecule has 1 saturated heterocycles. The number of anilines is 1. The van der Waals surface area contributed by atoms with Crippen LogP contribution in [0.1, 0.15) is 81.2 Å². The lowest BCUT2D eigenvalue weighted by molar-refractivity contribution is 0.0698. The van der Waals surface area contributed by atoms with Gasteiger partial charge in [-0.1, -0.05) is 41.4 Å². The summed E-state index contributed by atoms with van der Waals surface area (Å²) in [5.41, 5.74) is 9.91. The summed E-state index contributed by atoms with van der Waals surface area (Å²) in [6.07, 6.45) is 5.14. The molecule has 2 aliphatic rings. The quantitative estimate of drug-likeness (QED) is 0.139. The second kappa shape index (κ2) is 15.2. The second-order valence-corrected chi connectivity index (χ2v) is 17.0. The van der Waals surface area contributed by atoms with Crippen molar-refractivity contribution in [3.05, 3.63) is 98.0 Å². The number of nitrogens with zero attached hydrogens (tertiary/aromatic N) is 6. The molecule has 0 radical (unpaired) electrons. The minimum atomic E-state index is -1.01. The molecule has 12 heteroatoms. The number of para-hydroxylation sites is 1. The predicted molar refractivity (Wildman–Crippen MR) is 229 cm³/mol. The van der Waals surface area contributed by atoms with Crippen molar-refractivity contribution in [1.29, 1.82) is 0 Å². The number of aromatic nitrogens is 4. The fourth-order valence-electron chi connectivity index (χ4n) is 9.36. The van der Waals surface area contributed by atoms with E-state index in [2.05, 4.69) is 48.0 Å². The number of hydrogen-bond acceptors (Lipinski definition) is 5. The Kier molecular flexibility index (Phi) is 10.4. The van der Waals surface area contributed by atoms with Crippen molar-refractivity contribution in [2.45, 2.75) is 72.9 Å². The van der Waals surface area contributed by atoms with Gasteiger partial charge < -0.3 is 28.8 Å². The van der Waals surface area contributed by atoms with Crippen LogP contribution in [0.15, 0.2) is 48.7 Å². The van der Waals surface area contributed by atoms with Gasteiger partial charge in [-0.2, -0.15) is 5.10 Å². The van der Waals surface area contributed by atoms with Crippen LogP contribution in [0.3, 0.4) is 0 Å². The highest BCUT2D eigenvalue weighted by Gasteiger charge is 2.38. The molecular weight excluding hydrogens is 759 g/mol. The van der Waals surface area contributed by atoms with Gasteiger partial charge in [-0.3, -0.25) is 9.48 Å². The van der Waals surface area contributed by atoms with Gasteiger partial charge >= 0.3 is 5.97 Å². The van der Waals surface area contributed by atoms with E-state index in [0.29, 0.717) is 59.2 Å². The number of carboxylic acids is 1. The third-order valence-corrected chi connectivity index (χ3v) is 13.1. The highest BCUT2D eigenvalue weighted by Crippen LogP contribution is 2.46. The number of benzene rings is 3. The number of carbonyl (C=O) groups is 2. The number of fused-ring (bicyclic) bond motifs is 4. The van der Waals surface area contributed by atoms with Gasteiger partial charge in [0.1, 0.15) is 11.4 Å². The number of piperidine rings is 1. The van der Waals surface area contributed by atoms with Crippen molar-refractivity contribution in [3.8, 4) is 16.9 Å². The summed E-state index contributed by atoms with van der Waals surface area (Å²) in [6, 6.07) is 13.3. The average Bonchev–Trinajstić information content (AvgIpc) is 3.79. The van der Waals surface area contributed by atoms with Crippen LogP contribution in [0.2, 0.25) is 10.0 Å². The van der Waals surface area contributed by atoms with E-state index < -0.39 is 5.97 Å². The Labute approximate surface area is 343 Å². The van der Waals surface area contributed by atoms with Crippen molar-refractivity contribution in [3.63, 3.8) is 0 Å². The first-order valence-corrected chi connectivity index (χ1v) is 20.6. The summed E-state index contributed by atoms with van der Waals surface area (Å²) >= 11 is 13.7. The Morgan fingerprint density at radius 2 is 1.68 bits per heavy atom. The minimum Gasteiger partial charge on any atom is -0.494 e. The topological polar surface area (TPSA) is 97.8 Å². The molecule has 3 aromatic carbocycles. The maximum Gasteiger partial charge on any atom is 0.337 e. The molecule has 8 rings (SSSR count). The first kappa shape index (κ1) is 39.1. The third kappa shape index (κ3) is 6.79. The monoisotopic (exact) mass is 808 g/mol. The highest BCUT2D eigenvalue weighted by molar-refractivity contribution is 6.35. The number of rotatable bonds is 10. The SMILES string of the molecule is Cc1cc(OCCCc2c3n(c4c(-c5c(C)nn(CC6CCN(C)CC6)c5C)c(Cl)ccc24)[C@H](C)CN(c2cccc4c(C(=O)O)cn(C)c24)C3=O)cc(C)c1Cl. The minimum absolute atomic E-state index is 0.136. The summed E-state index contributed by atoms with van der Waals surface area (Å²) < 4.78 is 12.4. The van der Waals surface area contributed by atoms with Crippen molar-refractivity contribution in [2.75, 3.05) is 38.2 Å². The molecule has 0 spiro atoms. The molecule has 3 aromatic heterocycles. The average molecular weight is 810 g/mol. The fraction of sp³-hybridized carbons (Fsp3) is 0.400. The highest BCUT2D eigenvalue weighted by atomic mass is 35.5. The molecule has 0 unspecified atom stereocenters. The van der Waals surface area contributed by atoms with Gasteiger partial charge in [-0.15, -0.1) is 0 Å². The Bertz CT molecular complexity index is 2550. The predicted octanol–water partition coefficient (Wildman–Crippen LogP) is 9.81. The number of carboxylic acid groups (broad SMARTS) is 1. The van der Waals surface area contributed by atoms with Crippen LogP contribution in [-0.2, 0) is 20.0 Å². The third-order valence-electron chi connectivity index (χ3n) is 12.2. The second-order valence-electron chi connectivity index (χ2n) is 16.2. The summed E-state index contributed by atoms with van der Waals surface area (Å²) in [5.74, 6) is 0.179. The van der Waals surface area contributed by atoms with Crippen molar-refractivity contribution in [1.82, 2.24) is 23.8 Å². The van der Waals surface area contributed by atoms with E-state index in [0.717, 1.165) is 93.4 Å². The maximum absolute atomic E-state index is 15.2. The van der Waals surface area contributed by atoms with Crippen molar-refractivity contribution in [2.24, 2.45) is 13.0 Å². The smallest absolute Gasteiger partial charge is 0.337 e. The molecular formula is C45H50Cl2N6O4. The molecule has 0 aliphatic carbocycles. The summed E-state index contributed by atoms with van der Waals surface area (Å²) in [4.78, 5) is 31.6. The van der Waals surface area contributed by atoms with Crippen LogP contribution in [-0.4, -0.2) is 74.1 Å². The number of carbonyl (C=O) groups excluding carboxylic acids is 1.